The molecule has 1 fully saturated rings. The van der Waals surface area contributed by atoms with Crippen LogP contribution in [0.2, 0.25) is 0 Å². The Morgan fingerprint density at radius 3 is 2.75 bits per heavy atom. The molecule has 2 heterocycles. The van der Waals surface area contributed by atoms with Gasteiger partial charge in [0, 0.05) is 24.8 Å². The molecule has 1 saturated heterocycles. The third kappa shape index (κ3) is 2.32. The summed E-state index contributed by atoms with van der Waals surface area (Å²) in [5, 5.41) is 9.29. The van der Waals surface area contributed by atoms with Gasteiger partial charge in [-0.3, -0.25) is 0 Å². The third-order valence-corrected chi connectivity index (χ3v) is 3.22. The third-order valence-electron chi connectivity index (χ3n) is 3.22. The first-order valence-electron chi connectivity index (χ1n) is 5.89. The molecule has 0 atom stereocenters. The van der Waals surface area contributed by atoms with Gasteiger partial charge < -0.3 is 10.0 Å². The molecule has 0 spiro atoms. The molecule has 0 bridgehead atoms. The molecular formula is C12H19N3O. The number of aromatic nitrogens is 2. The number of nitrogens with zero attached hydrogens (tertiary/aromatic N) is 3. The molecule has 1 aliphatic heterocycles. The van der Waals surface area contributed by atoms with E-state index >= 15 is 0 Å². The molecule has 1 aromatic heterocycles. The van der Waals surface area contributed by atoms with Crippen molar-refractivity contribution in [1.29, 1.82) is 0 Å². The van der Waals surface area contributed by atoms with Crippen molar-refractivity contribution in [1.82, 2.24) is 9.97 Å². The second kappa shape index (κ2) is 4.78. The molecule has 4 nitrogen and oxygen atoms in total. The minimum absolute atomic E-state index is 0.0155. The number of aliphatic hydroxyl groups is 1. The molecule has 1 aliphatic rings. The van der Waals surface area contributed by atoms with E-state index in [1.165, 1.54) is 12.8 Å². The lowest BCUT2D eigenvalue weighted by molar-refractivity contribution is 0.280. The largest absolute Gasteiger partial charge is 0.391 e. The molecule has 0 amide bonds. The van der Waals surface area contributed by atoms with E-state index in [1.807, 2.05) is 6.92 Å². The topological polar surface area (TPSA) is 49.3 Å². The number of hydrogen-bond acceptors (Lipinski definition) is 4. The van der Waals surface area contributed by atoms with Crippen molar-refractivity contribution in [2.45, 2.75) is 33.3 Å². The fourth-order valence-corrected chi connectivity index (χ4v) is 2.09. The van der Waals surface area contributed by atoms with Crippen molar-refractivity contribution in [3.63, 3.8) is 0 Å². The van der Waals surface area contributed by atoms with E-state index in [9.17, 15) is 5.11 Å². The summed E-state index contributed by atoms with van der Waals surface area (Å²) in [6.07, 6.45) is 4.14. The molecular weight excluding hydrogens is 202 g/mol. The maximum Gasteiger partial charge on any atom is 0.137 e. The van der Waals surface area contributed by atoms with Crippen molar-refractivity contribution in [3.8, 4) is 0 Å². The van der Waals surface area contributed by atoms with Crippen LogP contribution < -0.4 is 4.90 Å². The number of aliphatic hydroxyl groups excluding tert-OH is 1. The van der Waals surface area contributed by atoms with Crippen LogP contribution in [0.15, 0.2) is 6.20 Å². The van der Waals surface area contributed by atoms with Crippen molar-refractivity contribution in [3.05, 3.63) is 17.6 Å². The van der Waals surface area contributed by atoms with Gasteiger partial charge in [0.25, 0.3) is 0 Å². The fourth-order valence-electron chi connectivity index (χ4n) is 2.09. The maximum absolute atomic E-state index is 9.29. The smallest absolute Gasteiger partial charge is 0.137 e. The van der Waals surface area contributed by atoms with Crippen molar-refractivity contribution in [2.75, 3.05) is 18.0 Å². The maximum atomic E-state index is 9.29. The predicted molar refractivity (Wildman–Crippen MR) is 63.3 cm³/mol. The lowest BCUT2D eigenvalue weighted by atomic mass is 9.99. The molecule has 0 aromatic carbocycles. The summed E-state index contributed by atoms with van der Waals surface area (Å²) >= 11 is 0. The Kier molecular flexibility index (Phi) is 3.39. The van der Waals surface area contributed by atoms with E-state index in [2.05, 4.69) is 21.8 Å². The summed E-state index contributed by atoms with van der Waals surface area (Å²) in [5.41, 5.74) is 0.833. The second-order valence-corrected chi connectivity index (χ2v) is 4.59. The van der Waals surface area contributed by atoms with E-state index in [1.54, 1.807) is 6.20 Å². The Hall–Kier alpha value is -1.16. The number of piperidine rings is 1. The molecule has 1 aromatic rings. The van der Waals surface area contributed by atoms with Crippen LogP contribution in [0.1, 0.15) is 31.2 Å². The van der Waals surface area contributed by atoms with Gasteiger partial charge in [-0.1, -0.05) is 6.92 Å². The van der Waals surface area contributed by atoms with Gasteiger partial charge in [-0.25, -0.2) is 9.97 Å². The number of hydrogen-bond donors (Lipinski definition) is 1. The van der Waals surface area contributed by atoms with E-state index in [-0.39, 0.29) is 6.61 Å². The molecule has 16 heavy (non-hydrogen) atoms. The van der Waals surface area contributed by atoms with Crippen LogP contribution in [-0.2, 0) is 6.61 Å². The summed E-state index contributed by atoms with van der Waals surface area (Å²) in [5.74, 6) is 2.49. The van der Waals surface area contributed by atoms with Crippen molar-refractivity contribution >= 4 is 5.82 Å². The molecule has 0 unspecified atom stereocenters. The fraction of sp³-hybridized carbons (Fsp3) is 0.667. The number of anilines is 1. The zero-order valence-corrected chi connectivity index (χ0v) is 9.98. The van der Waals surface area contributed by atoms with E-state index < -0.39 is 0 Å². The van der Waals surface area contributed by atoms with E-state index in [4.69, 9.17) is 0 Å². The van der Waals surface area contributed by atoms with Gasteiger partial charge in [0.2, 0.25) is 0 Å². The SMILES string of the molecule is Cc1ncc(CO)c(N2CCC(C)CC2)n1. The lowest BCUT2D eigenvalue weighted by Crippen LogP contribution is -2.34. The Morgan fingerprint density at radius 2 is 2.12 bits per heavy atom. The van der Waals surface area contributed by atoms with Gasteiger partial charge in [0.15, 0.2) is 0 Å². The first-order valence-corrected chi connectivity index (χ1v) is 5.89. The standard InChI is InChI=1S/C12H19N3O/c1-9-3-5-15(6-4-9)12-11(8-16)7-13-10(2)14-12/h7,9,16H,3-6,8H2,1-2H3. The molecule has 0 saturated carbocycles. The summed E-state index contributed by atoms with van der Waals surface area (Å²) in [4.78, 5) is 10.8. The van der Waals surface area contributed by atoms with E-state index in [0.29, 0.717) is 0 Å². The lowest BCUT2D eigenvalue weighted by Gasteiger charge is -2.32. The molecule has 1 N–H and O–H groups in total. The van der Waals surface area contributed by atoms with Gasteiger partial charge in [-0.2, -0.15) is 0 Å². The van der Waals surface area contributed by atoms with Crippen LogP contribution in [0, 0.1) is 12.8 Å². The van der Waals surface area contributed by atoms with Crippen LogP contribution in [0.25, 0.3) is 0 Å². The highest BCUT2D eigenvalue weighted by Crippen LogP contribution is 2.24. The Bertz CT molecular complexity index is 359. The quantitative estimate of drug-likeness (QED) is 0.822. The number of rotatable bonds is 2. The van der Waals surface area contributed by atoms with Crippen LogP contribution in [-0.4, -0.2) is 28.2 Å². The Morgan fingerprint density at radius 1 is 1.44 bits per heavy atom. The molecule has 4 heteroatoms. The highest BCUT2D eigenvalue weighted by Gasteiger charge is 2.19. The van der Waals surface area contributed by atoms with Gasteiger partial charge >= 0.3 is 0 Å². The second-order valence-electron chi connectivity index (χ2n) is 4.59. The van der Waals surface area contributed by atoms with Crippen LogP contribution in [0.4, 0.5) is 5.82 Å². The Labute approximate surface area is 96.3 Å². The molecule has 0 radical (unpaired) electrons. The average molecular weight is 221 g/mol. The highest BCUT2D eigenvalue weighted by atomic mass is 16.3. The monoisotopic (exact) mass is 221 g/mol. The summed E-state index contributed by atoms with van der Waals surface area (Å²) in [6.45, 7) is 6.25. The summed E-state index contributed by atoms with van der Waals surface area (Å²) in [7, 11) is 0. The van der Waals surface area contributed by atoms with Crippen LogP contribution in [0.5, 0.6) is 0 Å². The molecule has 0 aliphatic carbocycles. The van der Waals surface area contributed by atoms with Gasteiger partial charge in [-0.15, -0.1) is 0 Å². The van der Waals surface area contributed by atoms with Gasteiger partial charge in [0.05, 0.1) is 6.61 Å². The minimum atomic E-state index is 0.0155. The average Bonchev–Trinajstić information content (AvgIpc) is 2.30. The van der Waals surface area contributed by atoms with Crippen LogP contribution in [0.3, 0.4) is 0 Å². The summed E-state index contributed by atoms with van der Waals surface area (Å²) < 4.78 is 0. The summed E-state index contributed by atoms with van der Waals surface area (Å²) in [6, 6.07) is 0. The van der Waals surface area contributed by atoms with Crippen molar-refractivity contribution < 1.29 is 5.11 Å². The zero-order valence-electron chi connectivity index (χ0n) is 9.98. The molecule has 2 rings (SSSR count). The first-order chi connectivity index (χ1) is 7.70. The predicted octanol–water partition coefficient (Wildman–Crippen LogP) is 1.51. The first kappa shape index (κ1) is 11.3. The van der Waals surface area contributed by atoms with E-state index in [0.717, 1.165) is 36.2 Å². The normalized spacial score (nSPS) is 17.8. The van der Waals surface area contributed by atoms with Crippen LogP contribution >= 0.6 is 0 Å². The molecule has 88 valence electrons. The highest BCUT2D eigenvalue weighted by molar-refractivity contribution is 5.46. The zero-order chi connectivity index (χ0) is 11.5. The van der Waals surface area contributed by atoms with Gasteiger partial charge in [0.1, 0.15) is 11.6 Å². The van der Waals surface area contributed by atoms with Gasteiger partial charge in [-0.05, 0) is 25.7 Å². The van der Waals surface area contributed by atoms with Crippen molar-refractivity contribution in [2.24, 2.45) is 5.92 Å². The minimum Gasteiger partial charge on any atom is -0.391 e. The number of aryl methyl sites for hydroxylation is 1. The Balaban J connectivity index is 2.21.